The molecule has 0 bridgehead atoms. The number of aromatic nitrogens is 2. The van der Waals surface area contributed by atoms with Crippen molar-refractivity contribution in [2.75, 3.05) is 0 Å². The Bertz CT molecular complexity index is 1790. The highest BCUT2D eigenvalue weighted by atomic mass is 19.4. The van der Waals surface area contributed by atoms with Crippen LogP contribution in [-0.2, 0) is 34.9 Å². The van der Waals surface area contributed by atoms with Gasteiger partial charge in [0.1, 0.15) is 11.2 Å². The van der Waals surface area contributed by atoms with Crippen LogP contribution in [0.1, 0.15) is 101 Å². The van der Waals surface area contributed by atoms with Gasteiger partial charge in [-0.3, -0.25) is 9.97 Å². The molecule has 0 unspecified atom stereocenters. The van der Waals surface area contributed by atoms with Crippen LogP contribution in [0, 0.1) is 0 Å². The summed E-state index contributed by atoms with van der Waals surface area (Å²) in [5.41, 5.74) is 12.5. The van der Waals surface area contributed by atoms with E-state index < -0.39 is 46.9 Å². The van der Waals surface area contributed by atoms with Gasteiger partial charge in [-0.05, 0) is 89.8 Å². The first-order valence-electron chi connectivity index (χ1n) is 17.5. The lowest BCUT2D eigenvalue weighted by molar-refractivity contribution is -0.138. The predicted octanol–water partition coefficient (Wildman–Crippen LogP) is 9.62. The topological polar surface area (TPSA) is 154 Å². The van der Waals surface area contributed by atoms with E-state index in [1.54, 1.807) is 90.1 Å². The third-order valence-corrected chi connectivity index (χ3v) is 7.69. The number of hydrogen-bond donors (Lipinski definition) is 4. The van der Waals surface area contributed by atoms with Crippen molar-refractivity contribution in [1.82, 2.24) is 20.6 Å². The minimum atomic E-state index is -4.52. The molecule has 2 heterocycles. The van der Waals surface area contributed by atoms with Gasteiger partial charge in [-0.15, -0.1) is 0 Å². The molecule has 0 aliphatic heterocycles. The van der Waals surface area contributed by atoms with Crippen molar-refractivity contribution in [3.63, 3.8) is 0 Å². The fourth-order valence-electron chi connectivity index (χ4n) is 4.95. The number of alkyl carbamates (subject to hydrolysis) is 2. The Morgan fingerprint density at radius 1 is 0.607 bits per heavy atom. The summed E-state index contributed by atoms with van der Waals surface area (Å²) < 4.78 is 89.1. The number of carbonyl (C=O) groups excluding carboxylic acids is 2. The first-order valence-corrected chi connectivity index (χ1v) is 17.5. The number of halogens is 6. The Kier molecular flexibility index (Phi) is 14.6. The Balaban J connectivity index is 0.000000300. The van der Waals surface area contributed by atoms with Crippen molar-refractivity contribution >= 4 is 12.2 Å². The Hall–Kier alpha value is -5.22. The molecule has 10 nitrogen and oxygen atoms in total. The van der Waals surface area contributed by atoms with E-state index in [0.29, 0.717) is 22.5 Å². The molecule has 0 aliphatic carbocycles. The van der Waals surface area contributed by atoms with Gasteiger partial charge in [-0.2, -0.15) is 26.3 Å². The number of nitrogens with zero attached hydrogens (tertiary/aromatic N) is 2. The zero-order valence-corrected chi connectivity index (χ0v) is 32.4. The summed E-state index contributed by atoms with van der Waals surface area (Å²) in [4.78, 5) is 31.6. The van der Waals surface area contributed by atoms with Crippen molar-refractivity contribution in [3.05, 3.63) is 107 Å². The van der Waals surface area contributed by atoms with Gasteiger partial charge < -0.3 is 31.6 Å². The van der Waals surface area contributed by atoms with Crippen LogP contribution in [0.3, 0.4) is 0 Å². The van der Waals surface area contributed by atoms with Crippen molar-refractivity contribution < 1.29 is 45.4 Å². The zero-order chi connectivity index (χ0) is 42.2. The Morgan fingerprint density at radius 2 is 0.911 bits per heavy atom. The summed E-state index contributed by atoms with van der Waals surface area (Å²) >= 11 is 0. The smallest absolute Gasteiger partial charge is 0.417 e. The number of rotatable bonds is 8. The summed E-state index contributed by atoms with van der Waals surface area (Å²) in [6, 6.07) is 15.4. The van der Waals surface area contributed by atoms with Crippen LogP contribution in [0.5, 0.6) is 0 Å². The first kappa shape index (κ1) is 45.2. The second kappa shape index (κ2) is 18.2. The molecule has 2 amide bonds. The van der Waals surface area contributed by atoms with Crippen molar-refractivity contribution in [2.45, 2.75) is 104 Å². The average Bonchev–Trinajstić information content (AvgIpc) is 3.08. The van der Waals surface area contributed by atoms with Crippen LogP contribution < -0.4 is 22.1 Å². The van der Waals surface area contributed by atoms with Gasteiger partial charge in [0.25, 0.3) is 0 Å². The number of amides is 2. The monoisotopic (exact) mass is 790 g/mol. The highest BCUT2D eigenvalue weighted by Gasteiger charge is 2.33. The molecule has 0 saturated carbocycles. The number of benzene rings is 2. The maximum absolute atomic E-state index is 13.1. The van der Waals surface area contributed by atoms with Gasteiger partial charge in [-0.25, -0.2) is 9.59 Å². The number of nitrogens with two attached hydrogens (primary N) is 2. The van der Waals surface area contributed by atoms with Crippen molar-refractivity contribution in [3.8, 4) is 22.3 Å². The third-order valence-electron chi connectivity index (χ3n) is 7.69. The predicted molar refractivity (Wildman–Crippen MR) is 201 cm³/mol. The molecule has 4 aromatic rings. The molecular formula is C40H48F6N6O4. The summed E-state index contributed by atoms with van der Waals surface area (Å²) in [6.45, 7) is 13.8. The second-order valence-electron chi connectivity index (χ2n) is 15.0. The van der Waals surface area contributed by atoms with Crippen LogP contribution >= 0.6 is 0 Å². The van der Waals surface area contributed by atoms with E-state index in [9.17, 15) is 35.9 Å². The van der Waals surface area contributed by atoms with Gasteiger partial charge in [0, 0.05) is 35.6 Å². The highest BCUT2D eigenvalue weighted by molar-refractivity contribution is 5.71. The lowest BCUT2D eigenvalue weighted by atomic mass is 9.99. The summed E-state index contributed by atoms with van der Waals surface area (Å²) in [5, 5.41) is 5.06. The van der Waals surface area contributed by atoms with E-state index in [1.165, 1.54) is 0 Å². The molecule has 2 aromatic carbocycles. The molecule has 4 rings (SSSR count). The van der Waals surface area contributed by atoms with Crippen LogP contribution in [0.15, 0.2) is 73.1 Å². The molecule has 0 saturated heterocycles. The maximum atomic E-state index is 13.1. The quantitative estimate of drug-likeness (QED) is 0.129. The van der Waals surface area contributed by atoms with Gasteiger partial charge in [0.05, 0.1) is 35.6 Å². The van der Waals surface area contributed by atoms with Gasteiger partial charge in [-0.1, -0.05) is 48.5 Å². The van der Waals surface area contributed by atoms with E-state index >= 15 is 0 Å². The lowest BCUT2D eigenvalue weighted by Gasteiger charge is -2.20. The highest BCUT2D eigenvalue weighted by Crippen LogP contribution is 2.35. The molecule has 0 fully saturated rings. The molecule has 2 atom stereocenters. The minimum Gasteiger partial charge on any atom is -0.444 e. The first-order chi connectivity index (χ1) is 25.7. The van der Waals surface area contributed by atoms with Crippen LogP contribution in [-0.4, -0.2) is 33.4 Å². The van der Waals surface area contributed by atoms with E-state index in [-0.39, 0.29) is 36.3 Å². The number of carbonyl (C=O) groups is 2. The van der Waals surface area contributed by atoms with Crippen LogP contribution in [0.2, 0.25) is 0 Å². The minimum absolute atomic E-state index is 0.0720. The van der Waals surface area contributed by atoms with Gasteiger partial charge in [0.15, 0.2) is 0 Å². The summed E-state index contributed by atoms with van der Waals surface area (Å²) in [5.74, 6) is 0. The second-order valence-corrected chi connectivity index (χ2v) is 15.0. The number of nitrogens with one attached hydrogen (secondary N) is 2. The van der Waals surface area contributed by atoms with Gasteiger partial charge in [0.2, 0.25) is 0 Å². The van der Waals surface area contributed by atoms with Gasteiger partial charge >= 0.3 is 24.5 Å². The fourth-order valence-corrected chi connectivity index (χ4v) is 4.95. The standard InChI is InChI=1S/2C20H24F3N3O2/c2*1-12(24)13-5-7-14(8-6-13)16-9-15(20(21,22)23)10-25-17(16)11-26-18(27)28-19(2,3)4/h2*5-10,12H,11,24H2,1-4H3,(H,26,27)/t2*12-/m11/s1. The summed E-state index contributed by atoms with van der Waals surface area (Å²) in [6.07, 6.45) is -8.88. The Morgan fingerprint density at radius 3 is 1.16 bits per heavy atom. The molecule has 0 radical (unpaired) electrons. The van der Waals surface area contributed by atoms with E-state index in [4.69, 9.17) is 20.9 Å². The molecule has 0 spiro atoms. The molecule has 304 valence electrons. The van der Waals surface area contributed by atoms with Crippen LogP contribution in [0.25, 0.3) is 22.3 Å². The molecule has 56 heavy (non-hydrogen) atoms. The molecule has 2 aromatic heterocycles. The molecule has 16 heteroatoms. The Labute approximate surface area is 322 Å². The normalized spacial score (nSPS) is 13.1. The number of pyridine rings is 2. The number of ether oxygens (including phenoxy) is 2. The van der Waals surface area contributed by atoms with Crippen molar-refractivity contribution in [1.29, 1.82) is 0 Å². The SMILES string of the molecule is C[C@@H](N)c1ccc(-c2cc(C(F)(F)F)cnc2CNC(=O)OC(C)(C)C)cc1.C[C@@H](N)c1ccc(-c2cc(C(F)(F)F)cnc2CNC(=O)OC(C)(C)C)cc1. The van der Waals surface area contributed by atoms with Crippen molar-refractivity contribution in [2.24, 2.45) is 11.5 Å². The lowest BCUT2D eigenvalue weighted by Crippen LogP contribution is -2.32. The number of alkyl halides is 6. The third kappa shape index (κ3) is 14.1. The maximum Gasteiger partial charge on any atom is 0.417 e. The largest absolute Gasteiger partial charge is 0.444 e. The fraction of sp³-hybridized carbons (Fsp3) is 0.400. The van der Waals surface area contributed by atoms with Crippen LogP contribution in [0.4, 0.5) is 35.9 Å². The zero-order valence-electron chi connectivity index (χ0n) is 32.4. The average molecular weight is 791 g/mol. The summed E-state index contributed by atoms with van der Waals surface area (Å²) in [7, 11) is 0. The molecular weight excluding hydrogens is 742 g/mol. The molecule has 6 N–H and O–H groups in total. The van der Waals surface area contributed by atoms with E-state index in [1.807, 2.05) is 13.8 Å². The van der Waals surface area contributed by atoms with E-state index in [0.717, 1.165) is 35.7 Å². The van der Waals surface area contributed by atoms with E-state index in [2.05, 4.69) is 20.6 Å². The number of hydrogen-bond acceptors (Lipinski definition) is 8. The molecule has 0 aliphatic rings.